The number of hydrogen-bond donors (Lipinski definition) is 0. The molecular weight excluding hydrogens is 360 g/mol. The largest absolute Gasteiger partial charge is 0.497 e. The van der Waals surface area contributed by atoms with Gasteiger partial charge in [0.25, 0.3) is 5.91 Å². The number of carbonyl (C=O) groups excluding carboxylic acids is 1. The highest BCUT2D eigenvalue weighted by molar-refractivity contribution is 7.16. The summed E-state index contributed by atoms with van der Waals surface area (Å²) >= 11 is 1.42. The van der Waals surface area contributed by atoms with Crippen molar-refractivity contribution < 1.29 is 14.3 Å². The van der Waals surface area contributed by atoms with Gasteiger partial charge in [0.2, 0.25) is 0 Å². The first-order valence-electron chi connectivity index (χ1n) is 8.37. The highest BCUT2D eigenvalue weighted by Crippen LogP contribution is 2.23. The summed E-state index contributed by atoms with van der Waals surface area (Å²) in [5.41, 5.74) is 2.82. The van der Waals surface area contributed by atoms with Crippen LogP contribution in [0.15, 0.2) is 41.4 Å². The van der Waals surface area contributed by atoms with Gasteiger partial charge in [-0.05, 0) is 42.3 Å². The lowest BCUT2D eigenvalue weighted by atomic mass is 10.1. The zero-order valence-electron chi connectivity index (χ0n) is 15.5. The number of nitrogens with zero attached hydrogens (tertiary/aromatic N) is 2. The van der Waals surface area contributed by atoms with Crippen molar-refractivity contribution in [3.63, 3.8) is 0 Å². The maximum atomic E-state index is 12.5. The number of aryl methyl sites for hydroxylation is 1. The molecule has 1 amide bonds. The number of benzene rings is 2. The summed E-state index contributed by atoms with van der Waals surface area (Å²) in [6.07, 6.45) is 5.73. The van der Waals surface area contributed by atoms with Crippen molar-refractivity contribution in [2.24, 2.45) is 4.99 Å². The normalized spacial score (nSPS) is 11.4. The monoisotopic (exact) mass is 380 g/mol. The minimum atomic E-state index is -0.219. The molecule has 0 saturated carbocycles. The van der Waals surface area contributed by atoms with Crippen LogP contribution in [0.5, 0.6) is 11.5 Å². The molecule has 0 atom stereocenters. The molecule has 0 unspecified atom stereocenters. The van der Waals surface area contributed by atoms with Crippen LogP contribution in [0.2, 0.25) is 0 Å². The SMILES string of the molecule is C#CCn1c(=NC(=O)Cc2ccc(OC)c(C)c2)sc2cc(OC)ccc21. The molecule has 1 heterocycles. The molecule has 138 valence electrons. The number of hydrogen-bond acceptors (Lipinski definition) is 4. The molecule has 27 heavy (non-hydrogen) atoms. The van der Waals surface area contributed by atoms with Crippen LogP contribution in [0.25, 0.3) is 10.2 Å². The lowest BCUT2D eigenvalue weighted by molar-refractivity contribution is -0.117. The average Bonchev–Trinajstić information content (AvgIpc) is 2.98. The van der Waals surface area contributed by atoms with Gasteiger partial charge in [-0.25, -0.2) is 0 Å². The number of thiazole rings is 1. The second-order valence-electron chi connectivity index (χ2n) is 5.99. The van der Waals surface area contributed by atoms with Gasteiger partial charge < -0.3 is 14.0 Å². The third-order valence-electron chi connectivity index (χ3n) is 4.17. The Balaban J connectivity index is 1.96. The third kappa shape index (κ3) is 4.04. The second-order valence-corrected chi connectivity index (χ2v) is 7.00. The molecule has 0 spiro atoms. The lowest BCUT2D eigenvalue weighted by Gasteiger charge is -2.06. The van der Waals surface area contributed by atoms with E-state index >= 15 is 0 Å². The summed E-state index contributed by atoms with van der Waals surface area (Å²) in [6.45, 7) is 2.30. The number of fused-ring (bicyclic) bond motifs is 1. The molecule has 0 radical (unpaired) electrons. The van der Waals surface area contributed by atoms with Gasteiger partial charge in [-0.1, -0.05) is 29.4 Å². The number of terminal acetylenes is 1. The summed E-state index contributed by atoms with van der Waals surface area (Å²) in [5, 5.41) is 0. The van der Waals surface area contributed by atoms with E-state index in [1.54, 1.807) is 14.2 Å². The van der Waals surface area contributed by atoms with Gasteiger partial charge in [0, 0.05) is 0 Å². The molecule has 0 fully saturated rings. The van der Waals surface area contributed by atoms with Crippen molar-refractivity contribution in [2.45, 2.75) is 19.9 Å². The van der Waals surface area contributed by atoms with Crippen LogP contribution in [-0.4, -0.2) is 24.7 Å². The van der Waals surface area contributed by atoms with E-state index in [2.05, 4.69) is 10.9 Å². The molecule has 3 rings (SSSR count). The van der Waals surface area contributed by atoms with E-state index in [-0.39, 0.29) is 12.3 Å². The Bertz CT molecular complexity index is 1100. The molecule has 0 aliphatic carbocycles. The number of ether oxygens (including phenoxy) is 2. The summed E-state index contributed by atoms with van der Waals surface area (Å²) in [7, 11) is 3.25. The zero-order chi connectivity index (χ0) is 19.4. The van der Waals surface area contributed by atoms with E-state index in [9.17, 15) is 4.79 Å². The van der Waals surface area contributed by atoms with Gasteiger partial charge in [-0.2, -0.15) is 4.99 Å². The van der Waals surface area contributed by atoms with E-state index in [1.807, 2.05) is 47.9 Å². The molecule has 0 N–H and O–H groups in total. The molecular formula is C21H20N2O3S. The van der Waals surface area contributed by atoms with E-state index < -0.39 is 0 Å². The third-order valence-corrected chi connectivity index (χ3v) is 5.22. The summed E-state index contributed by atoms with van der Waals surface area (Å²) in [4.78, 5) is 17.4. The maximum Gasteiger partial charge on any atom is 0.252 e. The molecule has 5 nitrogen and oxygen atoms in total. The molecule has 2 aromatic carbocycles. The van der Waals surface area contributed by atoms with Crippen LogP contribution < -0.4 is 14.3 Å². The first kappa shape index (κ1) is 18.7. The van der Waals surface area contributed by atoms with Crippen molar-refractivity contribution in [1.82, 2.24) is 4.57 Å². The lowest BCUT2D eigenvalue weighted by Crippen LogP contribution is -2.17. The van der Waals surface area contributed by atoms with Crippen LogP contribution in [0.3, 0.4) is 0 Å². The maximum absolute atomic E-state index is 12.5. The Hall–Kier alpha value is -3.04. The van der Waals surface area contributed by atoms with Crippen molar-refractivity contribution in [3.8, 4) is 23.8 Å². The average molecular weight is 380 g/mol. The van der Waals surface area contributed by atoms with E-state index in [1.165, 1.54) is 11.3 Å². The van der Waals surface area contributed by atoms with E-state index in [0.717, 1.165) is 32.8 Å². The number of methoxy groups -OCH3 is 2. The molecule has 0 saturated heterocycles. The fraction of sp³-hybridized carbons (Fsp3) is 0.238. The summed E-state index contributed by atoms with van der Waals surface area (Å²) in [5.74, 6) is 3.96. The quantitative estimate of drug-likeness (QED) is 0.638. The summed E-state index contributed by atoms with van der Waals surface area (Å²) in [6, 6.07) is 11.4. The fourth-order valence-electron chi connectivity index (χ4n) is 2.88. The zero-order valence-corrected chi connectivity index (χ0v) is 16.3. The Morgan fingerprint density at radius 3 is 2.70 bits per heavy atom. The smallest absolute Gasteiger partial charge is 0.252 e. The standard InChI is InChI=1S/C21H20N2O3S/c1-5-10-23-17-8-7-16(25-3)13-19(17)27-21(23)22-20(24)12-15-6-9-18(26-4)14(2)11-15/h1,6-9,11,13H,10,12H2,2-4H3. The molecule has 3 aromatic rings. The van der Waals surface area contributed by atoms with Crippen molar-refractivity contribution in [3.05, 3.63) is 52.3 Å². The molecule has 0 aliphatic rings. The van der Waals surface area contributed by atoms with Crippen LogP contribution in [0.1, 0.15) is 11.1 Å². The first-order chi connectivity index (χ1) is 13.0. The minimum Gasteiger partial charge on any atom is -0.497 e. The fourth-order valence-corrected chi connectivity index (χ4v) is 3.96. The molecule has 6 heteroatoms. The number of amides is 1. The van der Waals surface area contributed by atoms with Crippen molar-refractivity contribution in [2.75, 3.05) is 14.2 Å². The van der Waals surface area contributed by atoms with E-state index in [0.29, 0.717) is 11.3 Å². The predicted octanol–water partition coefficient (Wildman–Crippen LogP) is 3.33. The number of rotatable bonds is 5. The van der Waals surface area contributed by atoms with Gasteiger partial charge in [0.1, 0.15) is 11.5 Å². The van der Waals surface area contributed by atoms with Crippen LogP contribution in [0.4, 0.5) is 0 Å². The van der Waals surface area contributed by atoms with E-state index in [4.69, 9.17) is 15.9 Å². The molecule has 0 aliphatic heterocycles. The number of carbonyl (C=O) groups is 1. The Morgan fingerprint density at radius 1 is 1.22 bits per heavy atom. The van der Waals surface area contributed by atoms with Gasteiger partial charge in [-0.3, -0.25) is 4.79 Å². The van der Waals surface area contributed by atoms with Gasteiger partial charge in [0.15, 0.2) is 4.80 Å². The topological polar surface area (TPSA) is 52.8 Å². The Kier molecular flexibility index (Phi) is 5.63. The van der Waals surface area contributed by atoms with Gasteiger partial charge in [0.05, 0.1) is 37.4 Å². The summed E-state index contributed by atoms with van der Waals surface area (Å²) < 4.78 is 13.4. The first-order valence-corrected chi connectivity index (χ1v) is 9.19. The Labute approximate surface area is 161 Å². The number of aromatic nitrogens is 1. The van der Waals surface area contributed by atoms with Crippen molar-refractivity contribution in [1.29, 1.82) is 0 Å². The second kappa shape index (κ2) is 8.11. The molecule has 1 aromatic heterocycles. The van der Waals surface area contributed by atoms with Crippen LogP contribution in [0, 0.1) is 19.3 Å². The predicted molar refractivity (Wildman–Crippen MR) is 107 cm³/mol. The Morgan fingerprint density at radius 2 is 2.04 bits per heavy atom. The van der Waals surface area contributed by atoms with Gasteiger partial charge in [-0.15, -0.1) is 6.42 Å². The van der Waals surface area contributed by atoms with Crippen LogP contribution in [-0.2, 0) is 17.8 Å². The highest BCUT2D eigenvalue weighted by Gasteiger charge is 2.10. The minimum absolute atomic E-state index is 0.219. The highest BCUT2D eigenvalue weighted by atomic mass is 32.1. The van der Waals surface area contributed by atoms with Crippen molar-refractivity contribution >= 4 is 27.5 Å². The molecule has 0 bridgehead atoms. The van der Waals surface area contributed by atoms with Gasteiger partial charge >= 0.3 is 0 Å². The van der Waals surface area contributed by atoms with Crippen LogP contribution >= 0.6 is 11.3 Å².